The number of allylic oxidation sites excluding steroid dienone is 1. The summed E-state index contributed by atoms with van der Waals surface area (Å²) in [6.07, 6.45) is 0. The number of amidine groups is 1. The molecule has 0 fully saturated rings. The molecule has 1 aromatic carbocycles. The molecule has 0 unspecified atom stereocenters. The molecule has 27 heavy (non-hydrogen) atoms. The molecule has 0 saturated heterocycles. The number of hydrogen-bond donors (Lipinski definition) is 1. The molecule has 146 valence electrons. The van der Waals surface area contributed by atoms with Crippen molar-refractivity contribution in [2.75, 3.05) is 26.1 Å². The van der Waals surface area contributed by atoms with Gasteiger partial charge in [0.15, 0.2) is 5.17 Å². The SMILES string of the molecule is CCOC(=O)C1=C(C)NC(SCC(=O)OC)=N[C@@H]1c1ccccc1OCC. The van der Waals surface area contributed by atoms with Gasteiger partial charge < -0.3 is 19.5 Å². The summed E-state index contributed by atoms with van der Waals surface area (Å²) in [6.45, 7) is 6.20. The fourth-order valence-electron chi connectivity index (χ4n) is 2.60. The van der Waals surface area contributed by atoms with E-state index in [-0.39, 0.29) is 18.3 Å². The van der Waals surface area contributed by atoms with Crippen molar-refractivity contribution in [1.29, 1.82) is 0 Å². The highest BCUT2D eigenvalue weighted by atomic mass is 32.2. The highest BCUT2D eigenvalue weighted by Gasteiger charge is 2.32. The molecule has 1 atom stereocenters. The van der Waals surface area contributed by atoms with Gasteiger partial charge in [-0.05, 0) is 26.8 Å². The normalized spacial score (nSPS) is 16.3. The fraction of sp³-hybridized carbons (Fsp3) is 0.421. The van der Waals surface area contributed by atoms with Gasteiger partial charge >= 0.3 is 11.9 Å². The minimum absolute atomic E-state index is 0.115. The van der Waals surface area contributed by atoms with Gasteiger partial charge in [0.25, 0.3) is 0 Å². The predicted octanol–water partition coefficient (Wildman–Crippen LogP) is 2.83. The molecular formula is C19H24N2O5S. The summed E-state index contributed by atoms with van der Waals surface area (Å²) >= 11 is 1.22. The van der Waals surface area contributed by atoms with Crippen molar-refractivity contribution >= 4 is 28.9 Å². The van der Waals surface area contributed by atoms with Crippen LogP contribution in [0, 0.1) is 0 Å². The molecule has 8 heteroatoms. The Labute approximate surface area is 163 Å². The second-order valence-corrected chi connectivity index (χ2v) is 6.52. The Balaban J connectivity index is 2.43. The Morgan fingerprint density at radius 1 is 1.22 bits per heavy atom. The second-order valence-electron chi connectivity index (χ2n) is 5.56. The van der Waals surface area contributed by atoms with Gasteiger partial charge in [-0.15, -0.1) is 0 Å². The lowest BCUT2D eigenvalue weighted by Crippen LogP contribution is -2.31. The number of carbonyl (C=O) groups is 2. The Morgan fingerprint density at radius 2 is 1.96 bits per heavy atom. The number of nitrogens with zero attached hydrogens (tertiary/aromatic N) is 1. The Bertz CT molecular complexity index is 760. The zero-order valence-electron chi connectivity index (χ0n) is 15.9. The van der Waals surface area contributed by atoms with Crippen molar-refractivity contribution in [3.05, 3.63) is 41.1 Å². The van der Waals surface area contributed by atoms with Crippen LogP contribution in [0.5, 0.6) is 5.75 Å². The van der Waals surface area contributed by atoms with Crippen LogP contribution in [0.3, 0.4) is 0 Å². The van der Waals surface area contributed by atoms with E-state index in [4.69, 9.17) is 9.47 Å². The first kappa shape index (κ1) is 20.8. The summed E-state index contributed by atoms with van der Waals surface area (Å²) in [5.74, 6) is -0.0137. The Morgan fingerprint density at radius 3 is 2.63 bits per heavy atom. The lowest BCUT2D eigenvalue weighted by molar-refractivity contribution is -0.139. The lowest BCUT2D eigenvalue weighted by Gasteiger charge is -2.26. The average Bonchev–Trinajstić information content (AvgIpc) is 2.66. The van der Waals surface area contributed by atoms with Gasteiger partial charge in [-0.25, -0.2) is 9.79 Å². The molecule has 0 spiro atoms. The molecule has 0 saturated carbocycles. The number of para-hydroxylation sites is 1. The van der Waals surface area contributed by atoms with Gasteiger partial charge in [0.05, 0.1) is 31.6 Å². The van der Waals surface area contributed by atoms with Crippen LogP contribution in [0.1, 0.15) is 32.4 Å². The third kappa shape index (κ3) is 5.26. The quantitative estimate of drug-likeness (QED) is 0.714. The van der Waals surface area contributed by atoms with E-state index in [0.29, 0.717) is 28.8 Å². The second kappa shape index (κ2) is 10.0. The summed E-state index contributed by atoms with van der Waals surface area (Å²) < 4.78 is 15.6. The summed E-state index contributed by atoms with van der Waals surface area (Å²) in [4.78, 5) is 28.7. The topological polar surface area (TPSA) is 86.2 Å². The van der Waals surface area contributed by atoms with Crippen molar-refractivity contribution in [3.8, 4) is 5.75 Å². The van der Waals surface area contributed by atoms with Crippen molar-refractivity contribution in [1.82, 2.24) is 5.32 Å². The predicted molar refractivity (Wildman–Crippen MR) is 105 cm³/mol. The number of nitrogens with one attached hydrogen (secondary N) is 1. The van der Waals surface area contributed by atoms with Crippen LogP contribution in [0.4, 0.5) is 0 Å². The molecule has 1 N–H and O–H groups in total. The highest BCUT2D eigenvalue weighted by Crippen LogP contribution is 2.37. The van der Waals surface area contributed by atoms with Crippen molar-refractivity contribution in [2.24, 2.45) is 4.99 Å². The molecule has 0 amide bonds. The van der Waals surface area contributed by atoms with E-state index in [1.54, 1.807) is 13.8 Å². The van der Waals surface area contributed by atoms with E-state index in [0.717, 1.165) is 5.56 Å². The average molecular weight is 392 g/mol. The first-order valence-corrected chi connectivity index (χ1v) is 9.64. The maximum atomic E-state index is 12.6. The Hall–Kier alpha value is -2.48. The molecule has 0 radical (unpaired) electrons. The standard InChI is InChI=1S/C19H24N2O5S/c1-5-25-14-10-8-7-9-13(14)17-16(18(23)26-6-2)12(3)20-19(21-17)27-11-15(22)24-4/h7-10,17H,5-6,11H2,1-4H3,(H,20,21)/t17-/m1/s1. The Kier molecular flexibility index (Phi) is 7.72. The monoisotopic (exact) mass is 392 g/mol. The first-order chi connectivity index (χ1) is 13.0. The number of ether oxygens (including phenoxy) is 3. The maximum absolute atomic E-state index is 12.6. The van der Waals surface area contributed by atoms with Crippen LogP contribution in [0.15, 0.2) is 40.5 Å². The summed E-state index contributed by atoms with van der Waals surface area (Å²) in [7, 11) is 1.34. The van der Waals surface area contributed by atoms with Gasteiger partial charge in [0, 0.05) is 11.3 Å². The van der Waals surface area contributed by atoms with E-state index in [1.165, 1.54) is 18.9 Å². The van der Waals surface area contributed by atoms with E-state index < -0.39 is 12.0 Å². The molecule has 1 aliphatic rings. The molecule has 7 nitrogen and oxygen atoms in total. The summed E-state index contributed by atoms with van der Waals surface area (Å²) in [5, 5.41) is 3.61. The van der Waals surface area contributed by atoms with Crippen molar-refractivity contribution in [3.63, 3.8) is 0 Å². The number of benzene rings is 1. The van der Waals surface area contributed by atoms with Gasteiger partial charge in [-0.2, -0.15) is 0 Å². The number of aliphatic imine (C=N–C) groups is 1. The molecule has 1 aromatic rings. The fourth-order valence-corrected chi connectivity index (χ4v) is 3.38. The third-order valence-corrected chi connectivity index (χ3v) is 4.64. The zero-order chi connectivity index (χ0) is 19.8. The molecule has 1 aliphatic heterocycles. The highest BCUT2D eigenvalue weighted by molar-refractivity contribution is 8.14. The van der Waals surface area contributed by atoms with Crippen LogP contribution in [0.25, 0.3) is 0 Å². The van der Waals surface area contributed by atoms with Crippen molar-refractivity contribution in [2.45, 2.75) is 26.8 Å². The van der Waals surface area contributed by atoms with Gasteiger partial charge in [-0.3, -0.25) is 4.79 Å². The molecule has 0 aliphatic carbocycles. The van der Waals surface area contributed by atoms with Crippen LogP contribution in [-0.4, -0.2) is 43.2 Å². The largest absolute Gasteiger partial charge is 0.494 e. The lowest BCUT2D eigenvalue weighted by atomic mass is 9.96. The molecular weight excluding hydrogens is 368 g/mol. The third-order valence-electron chi connectivity index (χ3n) is 3.78. The van der Waals surface area contributed by atoms with Crippen LogP contribution < -0.4 is 10.1 Å². The minimum Gasteiger partial charge on any atom is -0.494 e. The van der Waals surface area contributed by atoms with E-state index in [9.17, 15) is 9.59 Å². The summed E-state index contributed by atoms with van der Waals surface area (Å²) in [5.41, 5.74) is 1.82. The number of rotatable bonds is 7. The molecule has 0 aromatic heterocycles. The number of carbonyl (C=O) groups excluding carboxylic acids is 2. The number of methoxy groups -OCH3 is 1. The summed E-state index contributed by atoms with van der Waals surface area (Å²) in [6, 6.07) is 6.87. The smallest absolute Gasteiger partial charge is 0.338 e. The zero-order valence-corrected chi connectivity index (χ0v) is 16.7. The molecule has 0 bridgehead atoms. The molecule has 2 rings (SSSR count). The number of esters is 2. The van der Waals surface area contributed by atoms with Gasteiger partial charge in [0.2, 0.25) is 0 Å². The van der Waals surface area contributed by atoms with E-state index in [2.05, 4.69) is 15.0 Å². The molecule has 1 heterocycles. The minimum atomic E-state index is -0.590. The number of hydrogen-bond acceptors (Lipinski definition) is 8. The number of thioether (sulfide) groups is 1. The van der Waals surface area contributed by atoms with E-state index >= 15 is 0 Å². The van der Waals surface area contributed by atoms with E-state index in [1.807, 2.05) is 31.2 Å². The van der Waals surface area contributed by atoms with Crippen LogP contribution >= 0.6 is 11.8 Å². The van der Waals surface area contributed by atoms with Gasteiger partial charge in [-0.1, -0.05) is 30.0 Å². The van der Waals surface area contributed by atoms with Crippen LogP contribution in [0.2, 0.25) is 0 Å². The van der Waals surface area contributed by atoms with Crippen LogP contribution in [-0.2, 0) is 19.1 Å². The van der Waals surface area contributed by atoms with Gasteiger partial charge in [0.1, 0.15) is 11.8 Å². The maximum Gasteiger partial charge on any atom is 0.338 e. The van der Waals surface area contributed by atoms with Crippen molar-refractivity contribution < 1.29 is 23.8 Å². The first-order valence-electron chi connectivity index (χ1n) is 8.65.